The first-order valence-corrected chi connectivity index (χ1v) is 7.61. The summed E-state index contributed by atoms with van der Waals surface area (Å²) < 4.78 is 0. The van der Waals surface area contributed by atoms with Crippen molar-refractivity contribution in [3.63, 3.8) is 0 Å². The summed E-state index contributed by atoms with van der Waals surface area (Å²) in [6.07, 6.45) is 3.39. The molecule has 1 heterocycles. The van der Waals surface area contributed by atoms with Gasteiger partial charge in [0.25, 0.3) is 0 Å². The van der Waals surface area contributed by atoms with E-state index in [1.54, 1.807) is 0 Å². The van der Waals surface area contributed by atoms with E-state index >= 15 is 0 Å². The number of hydrogen-bond acceptors (Lipinski definition) is 2. The van der Waals surface area contributed by atoms with Crippen LogP contribution in [0.5, 0.6) is 0 Å². The molecule has 1 unspecified atom stereocenters. The van der Waals surface area contributed by atoms with Crippen LogP contribution in [-0.2, 0) is 11.3 Å². The fourth-order valence-corrected chi connectivity index (χ4v) is 3.05. The topological polar surface area (TPSA) is 40.5 Å². The van der Waals surface area contributed by atoms with Gasteiger partial charge in [0.05, 0.1) is 0 Å². The summed E-state index contributed by atoms with van der Waals surface area (Å²) in [7, 11) is 0. The Morgan fingerprint density at radius 3 is 3.00 bits per heavy atom. The smallest absolute Gasteiger partial charge is 0.303 e. The maximum atomic E-state index is 10.7. The van der Waals surface area contributed by atoms with Crippen LogP contribution < -0.4 is 0 Å². The van der Waals surface area contributed by atoms with E-state index in [9.17, 15) is 4.79 Å². The average Bonchev–Trinajstić information content (AvgIpc) is 2.41. The highest BCUT2D eigenvalue weighted by molar-refractivity contribution is 6.31. The molecule has 0 bridgehead atoms. The van der Waals surface area contributed by atoms with Crippen LogP contribution in [0.15, 0.2) is 18.2 Å². The Morgan fingerprint density at radius 1 is 1.50 bits per heavy atom. The maximum absolute atomic E-state index is 10.7. The lowest BCUT2D eigenvalue weighted by atomic mass is 9.93. The zero-order chi connectivity index (χ0) is 14.5. The Balaban J connectivity index is 1.88. The molecule has 2 rings (SSSR count). The quantitative estimate of drug-likeness (QED) is 0.900. The summed E-state index contributed by atoms with van der Waals surface area (Å²) in [4.78, 5) is 13.1. The molecule has 4 heteroatoms. The number of carboxylic acids is 1. The first-order chi connectivity index (χ1) is 9.54. The Bertz CT molecular complexity index is 476. The number of likely N-dealkylation sites (tertiary alicyclic amines) is 1. The summed E-state index contributed by atoms with van der Waals surface area (Å²) in [5.74, 6) is -0.173. The molecule has 0 amide bonds. The minimum atomic E-state index is -0.688. The molecule has 3 nitrogen and oxygen atoms in total. The number of hydrogen-bond donors (Lipinski definition) is 1. The van der Waals surface area contributed by atoms with Gasteiger partial charge in [0, 0.05) is 24.5 Å². The van der Waals surface area contributed by atoms with Crippen molar-refractivity contribution >= 4 is 17.6 Å². The highest BCUT2D eigenvalue weighted by Crippen LogP contribution is 2.24. The van der Waals surface area contributed by atoms with Gasteiger partial charge >= 0.3 is 5.97 Å². The van der Waals surface area contributed by atoms with Gasteiger partial charge in [-0.05, 0) is 55.8 Å². The predicted octanol–water partition coefficient (Wildman–Crippen LogP) is 3.73. The summed E-state index contributed by atoms with van der Waals surface area (Å²) in [5.41, 5.74) is 2.34. The van der Waals surface area contributed by atoms with Crippen molar-refractivity contribution in [3.05, 3.63) is 34.3 Å². The molecule has 0 aliphatic carbocycles. The standard InChI is InChI=1S/C16H22ClNO2/c1-12-4-5-14(9-15(12)17)11-18-8-2-3-13(10-18)6-7-16(19)20/h4-5,9,13H,2-3,6-8,10-11H2,1H3,(H,19,20). The highest BCUT2D eigenvalue weighted by Gasteiger charge is 2.20. The number of halogens is 1. The number of rotatable bonds is 5. The number of aliphatic carboxylic acids is 1. The van der Waals surface area contributed by atoms with E-state index in [4.69, 9.17) is 16.7 Å². The van der Waals surface area contributed by atoms with Crippen LogP contribution in [0, 0.1) is 12.8 Å². The number of carbonyl (C=O) groups is 1. The number of nitrogens with zero attached hydrogens (tertiary/aromatic N) is 1. The Kier molecular flexibility index (Phi) is 5.44. The van der Waals surface area contributed by atoms with Crippen LogP contribution in [0.1, 0.15) is 36.8 Å². The molecule has 1 atom stereocenters. The molecule has 0 aromatic heterocycles. The molecule has 20 heavy (non-hydrogen) atoms. The Hall–Kier alpha value is -1.06. The SMILES string of the molecule is Cc1ccc(CN2CCCC(CCC(=O)O)C2)cc1Cl. The van der Waals surface area contributed by atoms with E-state index in [2.05, 4.69) is 17.0 Å². The zero-order valence-electron chi connectivity index (χ0n) is 11.9. The molecule has 0 saturated carbocycles. The van der Waals surface area contributed by atoms with E-state index in [1.807, 2.05) is 13.0 Å². The van der Waals surface area contributed by atoms with Crippen LogP contribution in [0.25, 0.3) is 0 Å². The molecule has 1 aliphatic rings. The van der Waals surface area contributed by atoms with E-state index in [0.29, 0.717) is 5.92 Å². The number of carboxylic acid groups (broad SMARTS) is 1. The second-order valence-corrected chi connectivity index (χ2v) is 6.17. The predicted molar refractivity (Wildman–Crippen MR) is 81.1 cm³/mol. The van der Waals surface area contributed by atoms with E-state index in [-0.39, 0.29) is 6.42 Å². The molecule has 1 aromatic carbocycles. The molecular weight excluding hydrogens is 274 g/mol. The number of benzene rings is 1. The van der Waals surface area contributed by atoms with Crippen LogP contribution in [0.4, 0.5) is 0 Å². The lowest BCUT2D eigenvalue weighted by Gasteiger charge is -2.32. The number of piperidine rings is 1. The van der Waals surface area contributed by atoms with Gasteiger partial charge < -0.3 is 5.11 Å². The molecule has 1 aliphatic heterocycles. The fraction of sp³-hybridized carbons (Fsp3) is 0.562. The molecule has 1 aromatic rings. The molecule has 0 radical (unpaired) electrons. The summed E-state index contributed by atoms with van der Waals surface area (Å²) in [6, 6.07) is 6.23. The third-order valence-corrected chi connectivity index (χ3v) is 4.42. The van der Waals surface area contributed by atoms with Crippen molar-refractivity contribution in [3.8, 4) is 0 Å². The lowest BCUT2D eigenvalue weighted by molar-refractivity contribution is -0.137. The van der Waals surface area contributed by atoms with Gasteiger partial charge in [-0.1, -0.05) is 23.7 Å². The Morgan fingerprint density at radius 2 is 2.30 bits per heavy atom. The van der Waals surface area contributed by atoms with Crippen molar-refractivity contribution in [2.45, 2.75) is 39.2 Å². The summed E-state index contributed by atoms with van der Waals surface area (Å²) in [5, 5.41) is 9.59. The van der Waals surface area contributed by atoms with E-state index in [0.717, 1.165) is 49.5 Å². The van der Waals surface area contributed by atoms with Crippen molar-refractivity contribution in [2.75, 3.05) is 13.1 Å². The molecule has 1 N–H and O–H groups in total. The van der Waals surface area contributed by atoms with Crippen molar-refractivity contribution in [2.24, 2.45) is 5.92 Å². The first-order valence-electron chi connectivity index (χ1n) is 7.24. The molecular formula is C16H22ClNO2. The van der Waals surface area contributed by atoms with Gasteiger partial charge in [-0.15, -0.1) is 0 Å². The first kappa shape index (κ1) is 15.3. The highest BCUT2D eigenvalue weighted by atomic mass is 35.5. The molecule has 1 fully saturated rings. The van der Waals surface area contributed by atoms with Gasteiger partial charge in [0.2, 0.25) is 0 Å². The molecule has 1 saturated heterocycles. The second kappa shape index (κ2) is 7.09. The normalized spacial score (nSPS) is 20.0. The van der Waals surface area contributed by atoms with Crippen LogP contribution >= 0.6 is 11.6 Å². The van der Waals surface area contributed by atoms with Crippen molar-refractivity contribution < 1.29 is 9.90 Å². The molecule has 0 spiro atoms. The van der Waals surface area contributed by atoms with Crippen LogP contribution in [-0.4, -0.2) is 29.1 Å². The maximum Gasteiger partial charge on any atom is 0.303 e. The third-order valence-electron chi connectivity index (χ3n) is 4.01. The largest absolute Gasteiger partial charge is 0.481 e. The van der Waals surface area contributed by atoms with Gasteiger partial charge in [-0.3, -0.25) is 9.69 Å². The van der Waals surface area contributed by atoms with E-state index < -0.39 is 5.97 Å². The number of aryl methyl sites for hydroxylation is 1. The van der Waals surface area contributed by atoms with E-state index in [1.165, 1.54) is 5.56 Å². The van der Waals surface area contributed by atoms with Gasteiger partial charge in [0.1, 0.15) is 0 Å². The van der Waals surface area contributed by atoms with Crippen molar-refractivity contribution in [1.29, 1.82) is 0 Å². The minimum Gasteiger partial charge on any atom is -0.481 e. The summed E-state index contributed by atoms with van der Waals surface area (Å²) >= 11 is 6.16. The Labute approximate surface area is 125 Å². The third kappa shape index (κ3) is 4.50. The minimum absolute atomic E-state index is 0.287. The van der Waals surface area contributed by atoms with Crippen LogP contribution in [0.3, 0.4) is 0 Å². The van der Waals surface area contributed by atoms with Crippen molar-refractivity contribution in [1.82, 2.24) is 4.90 Å². The molecule has 110 valence electrons. The van der Waals surface area contributed by atoms with Gasteiger partial charge in [-0.2, -0.15) is 0 Å². The average molecular weight is 296 g/mol. The zero-order valence-corrected chi connectivity index (χ0v) is 12.7. The lowest BCUT2D eigenvalue weighted by Crippen LogP contribution is -2.35. The van der Waals surface area contributed by atoms with Gasteiger partial charge in [-0.25, -0.2) is 0 Å². The van der Waals surface area contributed by atoms with Crippen LogP contribution in [0.2, 0.25) is 5.02 Å². The fourth-order valence-electron chi connectivity index (χ4n) is 2.85. The van der Waals surface area contributed by atoms with Gasteiger partial charge in [0.15, 0.2) is 0 Å². The summed E-state index contributed by atoms with van der Waals surface area (Å²) in [6.45, 7) is 5.01. The monoisotopic (exact) mass is 295 g/mol. The second-order valence-electron chi connectivity index (χ2n) is 5.76.